The molecule has 118 valence electrons. The standard InChI is InChI=1S/C16H15N3O3S/c1-10-4-5-19-9-12(17-14(19)7-10)16(22)18-11(8-15(20)21)13-3-2-6-23-13/h2-7,9,11H,8H2,1H3,(H,18,22)(H,20,21). The van der Waals surface area contributed by atoms with Crippen LogP contribution in [0.4, 0.5) is 0 Å². The fourth-order valence-corrected chi connectivity index (χ4v) is 3.09. The number of amides is 1. The summed E-state index contributed by atoms with van der Waals surface area (Å²) in [5, 5.41) is 13.7. The number of carboxylic acid groups (broad SMARTS) is 1. The minimum absolute atomic E-state index is 0.168. The SMILES string of the molecule is Cc1ccn2cc(C(=O)NC(CC(=O)O)c3cccs3)nc2c1. The molecule has 0 aliphatic carbocycles. The van der Waals surface area contributed by atoms with Crippen LogP contribution < -0.4 is 5.32 Å². The van der Waals surface area contributed by atoms with Crippen molar-refractivity contribution in [3.8, 4) is 0 Å². The van der Waals surface area contributed by atoms with Gasteiger partial charge in [0.05, 0.1) is 12.5 Å². The van der Waals surface area contributed by atoms with Crippen LogP contribution in [0.2, 0.25) is 0 Å². The first-order valence-electron chi connectivity index (χ1n) is 7.04. The Bertz CT molecular complexity index is 855. The van der Waals surface area contributed by atoms with Gasteiger partial charge < -0.3 is 14.8 Å². The van der Waals surface area contributed by atoms with Crippen LogP contribution in [0.3, 0.4) is 0 Å². The summed E-state index contributed by atoms with van der Waals surface area (Å²) in [5.41, 5.74) is 2.00. The van der Waals surface area contributed by atoms with Crippen molar-refractivity contribution in [2.75, 3.05) is 0 Å². The van der Waals surface area contributed by atoms with Gasteiger partial charge in [-0.2, -0.15) is 0 Å². The molecule has 0 radical (unpaired) electrons. The van der Waals surface area contributed by atoms with Gasteiger partial charge in [0.15, 0.2) is 0 Å². The number of carboxylic acids is 1. The highest BCUT2D eigenvalue weighted by Crippen LogP contribution is 2.22. The number of hydrogen-bond donors (Lipinski definition) is 2. The number of carbonyl (C=O) groups is 2. The van der Waals surface area contributed by atoms with Gasteiger partial charge in [-0.05, 0) is 36.1 Å². The summed E-state index contributed by atoms with van der Waals surface area (Å²) in [6, 6.07) is 6.88. The van der Waals surface area contributed by atoms with Crippen LogP contribution in [0.15, 0.2) is 42.0 Å². The number of pyridine rings is 1. The molecule has 0 bridgehead atoms. The summed E-state index contributed by atoms with van der Waals surface area (Å²) < 4.78 is 1.76. The normalized spacial score (nSPS) is 12.2. The van der Waals surface area contributed by atoms with Crippen LogP contribution in [-0.2, 0) is 4.79 Å². The van der Waals surface area contributed by atoms with Crippen LogP contribution in [0.1, 0.15) is 33.4 Å². The molecule has 7 heteroatoms. The van der Waals surface area contributed by atoms with E-state index in [1.807, 2.05) is 42.8 Å². The summed E-state index contributed by atoms with van der Waals surface area (Å²) in [4.78, 5) is 28.5. The van der Waals surface area contributed by atoms with Crippen molar-refractivity contribution in [3.63, 3.8) is 0 Å². The number of aromatic nitrogens is 2. The van der Waals surface area contributed by atoms with Gasteiger partial charge in [-0.15, -0.1) is 11.3 Å². The maximum Gasteiger partial charge on any atom is 0.305 e. The maximum absolute atomic E-state index is 12.4. The summed E-state index contributed by atoms with van der Waals surface area (Å²) in [6.45, 7) is 1.95. The summed E-state index contributed by atoms with van der Waals surface area (Å²) in [5.74, 6) is -1.35. The highest BCUT2D eigenvalue weighted by molar-refractivity contribution is 7.10. The Morgan fingerprint density at radius 2 is 2.26 bits per heavy atom. The van der Waals surface area contributed by atoms with Crippen LogP contribution in [0.5, 0.6) is 0 Å². The van der Waals surface area contributed by atoms with Crippen molar-refractivity contribution in [2.45, 2.75) is 19.4 Å². The molecule has 0 aliphatic rings. The van der Waals surface area contributed by atoms with E-state index in [9.17, 15) is 9.59 Å². The van der Waals surface area contributed by atoms with Gasteiger partial charge in [0.2, 0.25) is 0 Å². The molecule has 0 saturated carbocycles. The molecule has 3 aromatic rings. The molecule has 1 unspecified atom stereocenters. The molecule has 3 heterocycles. The second-order valence-corrected chi connectivity index (χ2v) is 6.21. The zero-order valence-electron chi connectivity index (χ0n) is 12.4. The zero-order chi connectivity index (χ0) is 16.4. The second kappa shape index (κ2) is 6.21. The minimum atomic E-state index is -0.964. The number of nitrogens with zero attached hydrogens (tertiary/aromatic N) is 2. The third-order valence-corrected chi connectivity index (χ3v) is 4.41. The van der Waals surface area contributed by atoms with E-state index in [-0.39, 0.29) is 18.0 Å². The molecule has 0 aromatic carbocycles. The summed E-state index contributed by atoms with van der Waals surface area (Å²) in [7, 11) is 0. The molecular weight excluding hydrogens is 314 g/mol. The highest BCUT2D eigenvalue weighted by atomic mass is 32.1. The Morgan fingerprint density at radius 3 is 2.96 bits per heavy atom. The molecule has 6 nitrogen and oxygen atoms in total. The summed E-state index contributed by atoms with van der Waals surface area (Å²) >= 11 is 1.41. The van der Waals surface area contributed by atoms with Crippen LogP contribution in [-0.4, -0.2) is 26.4 Å². The molecule has 23 heavy (non-hydrogen) atoms. The van der Waals surface area contributed by atoms with E-state index in [0.29, 0.717) is 5.65 Å². The van der Waals surface area contributed by atoms with Gasteiger partial charge in [0.25, 0.3) is 5.91 Å². The van der Waals surface area contributed by atoms with Crippen LogP contribution in [0.25, 0.3) is 5.65 Å². The van der Waals surface area contributed by atoms with Gasteiger partial charge >= 0.3 is 5.97 Å². The Morgan fingerprint density at radius 1 is 1.43 bits per heavy atom. The average Bonchev–Trinajstić information content (AvgIpc) is 3.14. The number of nitrogens with one attached hydrogen (secondary N) is 1. The van der Waals surface area contributed by atoms with E-state index in [1.165, 1.54) is 11.3 Å². The second-order valence-electron chi connectivity index (χ2n) is 5.24. The number of rotatable bonds is 5. The summed E-state index contributed by atoms with van der Waals surface area (Å²) in [6.07, 6.45) is 3.30. The van der Waals surface area contributed by atoms with E-state index >= 15 is 0 Å². The molecular formula is C16H15N3O3S. The highest BCUT2D eigenvalue weighted by Gasteiger charge is 2.21. The van der Waals surface area contributed by atoms with Gasteiger partial charge in [0, 0.05) is 17.3 Å². The Kier molecular flexibility index (Phi) is 4.12. The molecule has 2 N–H and O–H groups in total. The van der Waals surface area contributed by atoms with Crippen molar-refractivity contribution in [1.82, 2.24) is 14.7 Å². The van der Waals surface area contributed by atoms with Gasteiger partial charge in [0.1, 0.15) is 11.3 Å². The van der Waals surface area contributed by atoms with E-state index in [2.05, 4.69) is 10.3 Å². The predicted molar refractivity (Wildman–Crippen MR) is 86.7 cm³/mol. The number of aryl methyl sites for hydroxylation is 1. The molecule has 0 saturated heterocycles. The number of thiophene rings is 1. The van der Waals surface area contributed by atoms with E-state index < -0.39 is 12.0 Å². The first kappa shape index (κ1) is 15.2. The van der Waals surface area contributed by atoms with Crippen molar-refractivity contribution < 1.29 is 14.7 Å². The third kappa shape index (κ3) is 3.40. The van der Waals surface area contributed by atoms with E-state index in [4.69, 9.17) is 5.11 Å². The first-order chi connectivity index (χ1) is 11.0. The molecule has 1 atom stereocenters. The first-order valence-corrected chi connectivity index (χ1v) is 7.92. The topological polar surface area (TPSA) is 83.7 Å². The Labute approximate surface area is 136 Å². The van der Waals surface area contributed by atoms with E-state index in [1.54, 1.807) is 10.6 Å². The monoisotopic (exact) mass is 329 g/mol. The van der Waals surface area contributed by atoms with Gasteiger partial charge in [-0.3, -0.25) is 9.59 Å². The van der Waals surface area contributed by atoms with Crippen molar-refractivity contribution in [1.29, 1.82) is 0 Å². The lowest BCUT2D eigenvalue weighted by Crippen LogP contribution is -2.29. The predicted octanol–water partition coefficient (Wildman–Crippen LogP) is 2.65. The van der Waals surface area contributed by atoms with Gasteiger partial charge in [-0.25, -0.2) is 4.98 Å². The maximum atomic E-state index is 12.4. The molecule has 3 aromatic heterocycles. The molecule has 0 fully saturated rings. The Hall–Kier alpha value is -2.67. The molecule has 3 rings (SSSR count). The molecule has 0 spiro atoms. The van der Waals surface area contributed by atoms with Crippen molar-refractivity contribution in [3.05, 3.63) is 58.2 Å². The fourth-order valence-electron chi connectivity index (χ4n) is 2.31. The number of imidazole rings is 1. The third-order valence-electron chi connectivity index (χ3n) is 3.42. The largest absolute Gasteiger partial charge is 0.481 e. The molecule has 0 aliphatic heterocycles. The quantitative estimate of drug-likeness (QED) is 0.754. The fraction of sp³-hybridized carbons (Fsp3) is 0.188. The lowest BCUT2D eigenvalue weighted by Gasteiger charge is -2.14. The lowest BCUT2D eigenvalue weighted by atomic mass is 10.1. The van der Waals surface area contributed by atoms with Crippen molar-refractivity contribution >= 4 is 28.9 Å². The molecule has 1 amide bonds. The smallest absolute Gasteiger partial charge is 0.305 e. The number of carbonyl (C=O) groups excluding carboxylic acids is 1. The Balaban J connectivity index is 1.83. The number of aliphatic carboxylic acids is 1. The minimum Gasteiger partial charge on any atom is -0.481 e. The zero-order valence-corrected chi connectivity index (χ0v) is 13.2. The van der Waals surface area contributed by atoms with Gasteiger partial charge in [-0.1, -0.05) is 6.07 Å². The van der Waals surface area contributed by atoms with Crippen molar-refractivity contribution in [2.24, 2.45) is 0 Å². The van der Waals surface area contributed by atoms with Crippen LogP contribution in [0, 0.1) is 6.92 Å². The number of hydrogen-bond acceptors (Lipinski definition) is 4. The average molecular weight is 329 g/mol. The number of fused-ring (bicyclic) bond motifs is 1. The van der Waals surface area contributed by atoms with Crippen LogP contribution >= 0.6 is 11.3 Å². The van der Waals surface area contributed by atoms with E-state index in [0.717, 1.165) is 10.4 Å². The lowest BCUT2D eigenvalue weighted by molar-refractivity contribution is -0.137.